The van der Waals surface area contributed by atoms with E-state index >= 15 is 14.4 Å². The summed E-state index contributed by atoms with van der Waals surface area (Å²) in [5, 5.41) is 40.9. The lowest BCUT2D eigenvalue weighted by Crippen LogP contribution is -2.71. The van der Waals surface area contributed by atoms with Gasteiger partial charge in [-0.2, -0.15) is 10.5 Å². The Labute approximate surface area is 813 Å². The summed E-state index contributed by atoms with van der Waals surface area (Å²) in [5.74, 6) is 0.836. The van der Waals surface area contributed by atoms with Crippen LogP contribution in [-0.4, -0.2) is 218 Å². The zero-order chi connectivity index (χ0) is 100.0. The van der Waals surface area contributed by atoms with Crippen LogP contribution in [0.15, 0.2) is 49.1 Å². The van der Waals surface area contributed by atoms with Crippen LogP contribution < -0.4 is 72.2 Å². The topological polar surface area (TPSA) is 417 Å². The predicted molar refractivity (Wildman–Crippen MR) is 501 cm³/mol. The Morgan fingerprint density at radius 1 is 0.496 bits per heavy atom. The molecule has 2 unspecified atom stereocenters. The van der Waals surface area contributed by atoms with Gasteiger partial charge in [-0.3, -0.25) is 39.8 Å². The smallest absolute Gasteiger partial charge is 0.504 e. The van der Waals surface area contributed by atoms with E-state index in [2.05, 4.69) is 34.3 Å². The van der Waals surface area contributed by atoms with Crippen LogP contribution in [-0.2, 0) is 84.4 Å². The lowest BCUT2D eigenvalue weighted by Gasteiger charge is -2.62. The average Bonchev–Trinajstić information content (AvgIpc) is 1.68. The molecule has 2 amide bonds. The van der Waals surface area contributed by atoms with Gasteiger partial charge in [-0.05, 0) is 205 Å². The summed E-state index contributed by atoms with van der Waals surface area (Å²) >= 11 is 2.70. The molecule has 0 radical (unpaired) electrons. The third-order valence-corrected chi connectivity index (χ3v) is 29.9. The van der Waals surface area contributed by atoms with Crippen molar-refractivity contribution in [1.82, 2.24) is 30.2 Å². The van der Waals surface area contributed by atoms with Crippen LogP contribution in [0.5, 0.6) is 80.5 Å². The third kappa shape index (κ3) is 17.0. The molecule has 4 fully saturated rings. The van der Waals surface area contributed by atoms with Crippen LogP contribution >= 0.6 is 23.5 Å². The molecule has 38 heteroatoms. The van der Waals surface area contributed by atoms with Crippen molar-refractivity contribution >= 4 is 71.9 Å². The van der Waals surface area contributed by atoms with Crippen LogP contribution in [0.2, 0.25) is 0 Å². The molecule has 740 valence electrons. The number of piperazine rings is 2. The highest BCUT2D eigenvalue weighted by atomic mass is 32.2. The number of carbonyl (C=O) groups is 8. The van der Waals surface area contributed by atoms with E-state index in [0.29, 0.717) is 133 Å². The summed E-state index contributed by atoms with van der Waals surface area (Å²) in [5.41, 5.74) is 2.94. The highest BCUT2D eigenvalue weighted by Gasteiger charge is 2.68. The molecule has 3 N–H and O–H groups in total. The first-order chi connectivity index (χ1) is 65.8. The Hall–Kier alpha value is -12.5. The van der Waals surface area contributed by atoms with E-state index in [9.17, 15) is 39.6 Å². The van der Waals surface area contributed by atoms with E-state index in [1.54, 1.807) is 144 Å². The van der Waals surface area contributed by atoms with Gasteiger partial charge < -0.3 is 95.1 Å². The molecule has 14 aliphatic rings. The van der Waals surface area contributed by atoms with Crippen LogP contribution in [0, 0.1) is 50.4 Å². The van der Waals surface area contributed by atoms with Crippen molar-refractivity contribution in [3.63, 3.8) is 0 Å². The molecule has 4 saturated heterocycles. The van der Waals surface area contributed by atoms with Crippen molar-refractivity contribution in [3.8, 4) is 92.6 Å². The number of benzene rings is 6. The lowest BCUT2D eigenvalue weighted by molar-refractivity contribution is -0.158. The number of ether oxygens (including phenoxy) is 19. The number of phenols is 1. The predicted octanol–water partition coefficient (Wildman–Crippen LogP) is 14.7. The van der Waals surface area contributed by atoms with Crippen molar-refractivity contribution in [1.29, 1.82) is 10.5 Å². The van der Waals surface area contributed by atoms with Crippen molar-refractivity contribution in [2.75, 3.05) is 86.4 Å². The second-order valence-corrected chi connectivity index (χ2v) is 42.6. The molecule has 36 nitrogen and oxygen atoms in total. The number of nitrogens with one attached hydrogen (secondary N) is 2. The third-order valence-electron chi connectivity index (χ3n) is 26.9. The molecule has 20 rings (SSSR count). The quantitative estimate of drug-likeness (QED) is 0.0356. The summed E-state index contributed by atoms with van der Waals surface area (Å²) in [4.78, 5) is 120. The van der Waals surface area contributed by atoms with Crippen molar-refractivity contribution in [2.24, 2.45) is 0 Å². The maximum absolute atomic E-state index is 15.3. The van der Waals surface area contributed by atoms with E-state index in [1.165, 1.54) is 58.7 Å². The van der Waals surface area contributed by atoms with Gasteiger partial charge in [0.1, 0.15) is 65.8 Å². The molecule has 14 heterocycles. The minimum absolute atomic E-state index is 0.00985. The van der Waals surface area contributed by atoms with Crippen LogP contribution in [0.1, 0.15) is 221 Å². The number of fused-ring (bicyclic) bond motifs is 18. The number of thioether (sulfide) groups is 2. The van der Waals surface area contributed by atoms with Crippen LogP contribution in [0.4, 0.5) is 19.2 Å². The normalized spacial score (nSPS) is 25.3. The summed E-state index contributed by atoms with van der Waals surface area (Å²) in [6, 6.07) is 6.47. The number of esters is 4. The van der Waals surface area contributed by atoms with Gasteiger partial charge in [-0.15, -0.1) is 23.5 Å². The van der Waals surface area contributed by atoms with Gasteiger partial charge in [0.15, 0.2) is 80.1 Å². The molecule has 14 aliphatic heterocycles. The second kappa shape index (κ2) is 36.6. The zero-order valence-corrected chi connectivity index (χ0v) is 83.5. The van der Waals surface area contributed by atoms with Gasteiger partial charge in [0.2, 0.25) is 13.6 Å². The fourth-order valence-corrected chi connectivity index (χ4v) is 25.5. The summed E-state index contributed by atoms with van der Waals surface area (Å²) in [6.45, 7) is 34.6. The molecule has 0 saturated carbocycles. The number of hydrogen-bond acceptors (Lipinski definition) is 36. The monoisotopic (exact) mass is 1950 g/mol. The molecule has 2 spiro atoms. The second-order valence-electron chi connectivity index (χ2n) is 40.3. The highest BCUT2D eigenvalue weighted by Crippen LogP contribution is 2.69. The number of hydrogen-bond donors (Lipinski definition) is 3. The SMILES string of the molecule is C=CCOc1c(OC)c(C)cc2c1[C@@H]1C3[C@@H]4SC[C@]5(NCCc6cc(OC(=O)OC(C)(C)C)c(OC)cc65)C(=O)OC[C@@H](c5c6c(c(C)c(OC(C)=O)c54)OCO6)N3[C@@H](C#N)[C@H](C2)N1C(=O)OC(C)(C)C.COc1cc2c(cc1OC(=O)OC(C)(C)C)CCN[C@]21CS[C@@H]2c3c(OC(C)=O)c(C)c4c(c3[C@H](COC1=O)N1C2[C@H]2c3c(cc(C)c(OC)c3O)C[C@@H]([C@@H]1C#N)N2C(=O)OC(C)(C)C)OCO4. The molecule has 8 bridgehead atoms. The largest absolute Gasteiger partial charge is 0.514 e. The number of carbonyl (C=O) groups excluding carboxylic acids is 8. The summed E-state index contributed by atoms with van der Waals surface area (Å²) in [7, 11) is 5.88. The summed E-state index contributed by atoms with van der Waals surface area (Å²) in [6.07, 6.45) is -0.292. The Kier molecular flexibility index (Phi) is 25.9. The molecular formula is C101H116N8O28S2. The standard InChI is InChI=1S/C52H60N4O14S.C49H56N4O14S/c1-13-16-63-44-36-29(17-25(2)41(44)62-12)18-31-32(21-53)55-33-22-64-47(58)52(30-20-34(61-11)35(19-28(30)14-15-54-52)68-49(60)70-51(8,9)10)23-71-46(40(55)39(36)56(31)48(59)69-50(5,6)7)38-37(33)45-43(65-24-66-45)26(3)42(38)67-27(4)57;1-22-14-26-15-28-29(18-50)52-30-19-61-44(56)49(27-17-31(59-10)32(16-25(27)12-13-51-49)65-46(58)67-48(7,8)9)20-68-43(35-34(30)42-41(62-21-63-42)23(2)40(35)64-24(3)54)37(52)36(33(26)38(55)39(22)60-11)53(28)45(57)66-47(4,5)6/h13,17,19-20,31-33,39-40,46,54H,1,14-16,18,22-24H2,2-12H3;14,16-17,28-30,36-37,43,51,55H,12-13,15,19-21H2,1-11H3/t31-,32-,33-,39+,40?,46+,52+;28-,29-,30-,36+,37?,43+,49+/m00/s1. The molecule has 6 aromatic carbocycles. The van der Waals surface area contributed by atoms with Gasteiger partial charge in [-0.1, -0.05) is 24.8 Å². The minimum Gasteiger partial charge on any atom is -0.504 e. The highest BCUT2D eigenvalue weighted by molar-refractivity contribution is 7.99. The Morgan fingerprint density at radius 2 is 0.892 bits per heavy atom. The number of rotatable bonds is 11. The van der Waals surface area contributed by atoms with Gasteiger partial charge >= 0.3 is 48.4 Å². The fourth-order valence-electron chi connectivity index (χ4n) is 22.1. The minimum atomic E-state index is -1.56. The Morgan fingerprint density at radius 3 is 1.27 bits per heavy atom. The first-order valence-electron chi connectivity index (χ1n) is 46.1. The van der Waals surface area contributed by atoms with Gasteiger partial charge in [0.05, 0.1) is 99.4 Å². The van der Waals surface area contributed by atoms with Crippen molar-refractivity contribution in [3.05, 3.63) is 138 Å². The van der Waals surface area contributed by atoms with E-state index in [4.69, 9.17) is 90.0 Å². The molecule has 14 atom stereocenters. The molecular weight excluding hydrogens is 1840 g/mol. The Balaban J connectivity index is 0.000000192. The number of phenolic OH excluding ortho intramolecular Hbond substituents is 1. The van der Waals surface area contributed by atoms with E-state index in [-0.39, 0.29) is 104 Å². The maximum atomic E-state index is 15.3. The number of nitriles is 2. The maximum Gasteiger partial charge on any atom is 0.514 e. The van der Waals surface area contributed by atoms with E-state index in [0.717, 1.165) is 16.7 Å². The number of aryl methyl sites for hydroxylation is 2. The fraction of sp³-hybridized carbons (Fsp3) is 0.525. The number of amides is 2. The van der Waals surface area contributed by atoms with E-state index < -0.39 is 153 Å². The molecule has 0 aromatic heterocycles. The number of nitrogens with zero attached hydrogens (tertiary/aromatic N) is 6. The van der Waals surface area contributed by atoms with Crippen LogP contribution in [0.25, 0.3) is 0 Å². The number of aromatic hydroxyl groups is 1. The van der Waals surface area contributed by atoms with Crippen molar-refractivity contribution in [2.45, 2.75) is 255 Å². The van der Waals surface area contributed by atoms with Crippen LogP contribution in [0.3, 0.4) is 0 Å². The van der Waals surface area contributed by atoms with Gasteiger partial charge in [0, 0.05) is 83.0 Å². The van der Waals surface area contributed by atoms with E-state index in [1.807, 2.05) is 30.9 Å². The average molecular weight is 1950 g/mol. The molecule has 6 aromatic rings. The first-order valence-corrected chi connectivity index (χ1v) is 48.2. The number of methoxy groups -OCH3 is 4. The Bertz CT molecular complexity index is 6200. The molecule has 139 heavy (non-hydrogen) atoms. The van der Waals surface area contributed by atoms with Gasteiger partial charge in [0.25, 0.3) is 0 Å². The lowest BCUT2D eigenvalue weighted by atomic mass is 9.71. The van der Waals surface area contributed by atoms with Gasteiger partial charge in [-0.25, -0.2) is 28.8 Å². The molecule has 0 aliphatic carbocycles. The summed E-state index contributed by atoms with van der Waals surface area (Å²) < 4.78 is 115. The zero-order valence-electron chi connectivity index (χ0n) is 81.8. The first kappa shape index (κ1) is 98.2. The van der Waals surface area contributed by atoms with Crippen molar-refractivity contribution < 1.29 is 133 Å².